The van der Waals surface area contributed by atoms with Gasteiger partial charge in [0, 0.05) is 101 Å². The number of primary amides is 1. The van der Waals surface area contributed by atoms with E-state index in [1.807, 2.05) is 51.1 Å². The van der Waals surface area contributed by atoms with Crippen LogP contribution in [0.3, 0.4) is 0 Å². The van der Waals surface area contributed by atoms with Crippen LogP contribution in [0.5, 0.6) is 11.5 Å². The summed E-state index contributed by atoms with van der Waals surface area (Å²) in [6, 6.07) is 14.5. The number of phenols is 1. The molecule has 143 heavy (non-hydrogen) atoms. The Labute approximate surface area is 843 Å². The molecule has 2 saturated heterocycles. The van der Waals surface area contributed by atoms with E-state index in [-0.39, 0.29) is 99.0 Å². The lowest BCUT2D eigenvalue weighted by molar-refractivity contribution is -0.137. The number of nitrogens with two attached hydrogens (primary N) is 2. The normalized spacial score (nSPS) is 21.0. The maximum atomic E-state index is 15.4. The summed E-state index contributed by atoms with van der Waals surface area (Å²) < 4.78 is 5.93. The number of unbranched alkanes of at least 4 members (excludes halogenated alkanes) is 2. The van der Waals surface area contributed by atoms with Crippen LogP contribution in [0.2, 0.25) is 0 Å². The lowest BCUT2D eigenvalue weighted by Gasteiger charge is -2.47. The van der Waals surface area contributed by atoms with Crippen LogP contribution in [0.15, 0.2) is 138 Å². The number of β-amino-alcohol motifs (C(OH)–C–C–N with tert-alkyl or cyclic N) is 1. The quantitative estimate of drug-likeness (QED) is 0.0139. The Kier molecular flexibility index (Phi) is 45.6. The van der Waals surface area contributed by atoms with Crippen LogP contribution < -0.4 is 90.6 Å². The molecule has 0 spiro atoms. The second kappa shape index (κ2) is 56.9. The fraction of sp³-hybridized carbons (Fsp3) is 0.525. The minimum absolute atomic E-state index is 0.0657. The molecule has 0 bridgehead atoms. The van der Waals surface area contributed by atoms with Gasteiger partial charge in [-0.1, -0.05) is 146 Å². The molecule has 0 unspecified atom stereocenters. The Bertz CT molecular complexity index is 5280. The number of para-hydroxylation sites is 1. The van der Waals surface area contributed by atoms with Gasteiger partial charge in [0.05, 0.1) is 43.6 Å². The molecule has 9 rings (SSSR count). The molecule has 3 heterocycles. The van der Waals surface area contributed by atoms with Crippen molar-refractivity contribution < 1.29 is 107 Å². The molecular weight excluding hydrogens is 1900 g/mol. The van der Waals surface area contributed by atoms with Gasteiger partial charge in [0.25, 0.3) is 5.91 Å². The number of rotatable bonds is 44. The third-order valence-electron chi connectivity index (χ3n) is 25.0. The summed E-state index contributed by atoms with van der Waals surface area (Å²) in [5.41, 5.74) is 13.2. The summed E-state index contributed by atoms with van der Waals surface area (Å²) in [6.07, 6.45) is 1.09. The highest BCUT2D eigenvalue weighted by Crippen LogP contribution is 2.40. The van der Waals surface area contributed by atoms with Crippen LogP contribution >= 0.6 is 33.3 Å². The Balaban J connectivity index is 0.931. The van der Waals surface area contributed by atoms with Gasteiger partial charge in [0.15, 0.2) is 0 Å². The predicted octanol–water partition coefficient (Wildman–Crippen LogP) is 0.256. The van der Waals surface area contributed by atoms with Crippen molar-refractivity contribution in [2.24, 2.45) is 23.3 Å². The highest BCUT2D eigenvalue weighted by molar-refractivity contribution is 8.76. The van der Waals surface area contributed by atoms with Crippen LogP contribution in [0.25, 0.3) is 10.9 Å². The average Bonchev–Trinajstić information content (AvgIpc) is 1.00. The number of amides is 15. The number of aromatic nitrogens is 1. The van der Waals surface area contributed by atoms with Gasteiger partial charge >= 0.3 is 6.09 Å². The molecule has 1 aliphatic carbocycles. The first-order chi connectivity index (χ1) is 68.3. The summed E-state index contributed by atoms with van der Waals surface area (Å²) in [7, 11) is 3.15. The molecule has 3 aliphatic rings. The van der Waals surface area contributed by atoms with Gasteiger partial charge in [0.2, 0.25) is 76.8 Å². The minimum Gasteiger partial charge on any atom is -0.508 e. The minimum atomic E-state index is -2.01. The Morgan fingerprint density at radius 3 is 1.92 bits per heavy atom. The first-order valence-electron chi connectivity index (χ1n) is 48.2. The van der Waals surface area contributed by atoms with E-state index >= 15 is 19.2 Å². The molecule has 780 valence electrons. The van der Waals surface area contributed by atoms with Crippen LogP contribution in [0.4, 0.5) is 4.79 Å². The molecule has 41 nitrogen and oxygen atoms in total. The number of ether oxygens (including phenoxy) is 1. The maximum Gasteiger partial charge on any atom is 0.415 e. The number of carbonyl (C=O) groups excluding carboxylic acids is 15. The van der Waals surface area contributed by atoms with E-state index < -0.39 is 223 Å². The zero-order valence-corrected chi connectivity index (χ0v) is 84.2. The Hall–Kier alpha value is -12.0. The van der Waals surface area contributed by atoms with Crippen molar-refractivity contribution in [3.63, 3.8) is 0 Å². The van der Waals surface area contributed by atoms with E-state index in [0.29, 0.717) is 65.2 Å². The van der Waals surface area contributed by atoms with E-state index in [0.717, 1.165) is 70.9 Å². The molecule has 6 aromatic rings. The molecule has 3 fully saturated rings. The summed E-state index contributed by atoms with van der Waals surface area (Å²) in [6.45, 7) is 9.18. The maximum absolute atomic E-state index is 15.4. The van der Waals surface area contributed by atoms with Crippen LogP contribution in [0.1, 0.15) is 145 Å². The molecule has 2 aliphatic heterocycles. The summed E-state index contributed by atoms with van der Waals surface area (Å²) in [5.74, 6) is -14.0. The number of benzene rings is 5. The van der Waals surface area contributed by atoms with Crippen molar-refractivity contribution in [2.45, 2.75) is 246 Å². The van der Waals surface area contributed by atoms with Crippen molar-refractivity contribution in [3.8, 4) is 11.5 Å². The Morgan fingerprint density at radius 2 is 1.26 bits per heavy atom. The van der Waals surface area contributed by atoms with Gasteiger partial charge in [-0.2, -0.15) is 0 Å². The molecule has 0 radical (unpaired) electrons. The fourth-order valence-electron chi connectivity index (χ4n) is 17.0. The van der Waals surface area contributed by atoms with Crippen molar-refractivity contribution in [1.29, 1.82) is 0 Å². The predicted molar refractivity (Wildman–Crippen MR) is 540 cm³/mol. The third-order valence-corrected chi connectivity index (χ3v) is 28.5. The number of nitrogens with zero attached hydrogens (tertiary/aromatic N) is 2. The van der Waals surface area contributed by atoms with Crippen molar-refractivity contribution in [2.75, 3.05) is 76.8 Å². The molecule has 1 saturated carbocycles. The summed E-state index contributed by atoms with van der Waals surface area (Å²) >= 11 is 1.43. The molecule has 44 heteroatoms. The van der Waals surface area contributed by atoms with Crippen molar-refractivity contribution >= 4 is 133 Å². The second-order valence-corrected chi connectivity index (χ2v) is 40.9. The highest BCUT2D eigenvalue weighted by Gasteiger charge is 2.44. The van der Waals surface area contributed by atoms with Crippen LogP contribution in [-0.4, -0.2) is 313 Å². The number of nitrogens with one attached hydrogen (secondary N) is 15. The zero-order chi connectivity index (χ0) is 104. The number of phenolic OH excluding ortho intramolecular Hbond substituents is 1. The topological polar surface area (TPSA) is 629 Å². The van der Waals surface area contributed by atoms with E-state index in [1.54, 1.807) is 81.7 Å². The largest absolute Gasteiger partial charge is 0.508 e. The van der Waals surface area contributed by atoms with Gasteiger partial charge in [-0.05, 0) is 165 Å². The number of hydrogen-bond acceptors (Lipinski definition) is 28. The van der Waals surface area contributed by atoms with Crippen LogP contribution in [-0.2, 0) is 81.6 Å². The number of aromatic hydroxyl groups is 1. The number of likely N-dealkylation sites (N-methyl/N-ethyl adjacent to an activating group) is 1. The molecule has 15 amide bonds. The molecule has 25 N–H and O–H groups in total. The number of H-pyrrole nitrogens is 1. The summed E-state index contributed by atoms with van der Waals surface area (Å²) in [4.78, 5) is 225. The number of thioether (sulfide) groups is 1. The number of aromatic amines is 1. The van der Waals surface area contributed by atoms with Gasteiger partial charge in [0.1, 0.15) is 84.5 Å². The van der Waals surface area contributed by atoms with Gasteiger partial charge in [-0.25, -0.2) is 4.79 Å². The number of fused-ring (bicyclic) bond motifs is 2. The average molecular weight is 2040 g/mol. The lowest BCUT2D eigenvalue weighted by Crippen LogP contribution is -2.63. The number of likely N-dealkylation sites (tertiary alicyclic amines) is 1. The lowest BCUT2D eigenvalue weighted by atomic mass is 9.72. The van der Waals surface area contributed by atoms with Crippen molar-refractivity contribution in [3.05, 3.63) is 161 Å². The first kappa shape index (κ1) is 115. The van der Waals surface area contributed by atoms with E-state index in [2.05, 4.69) is 84.3 Å². The number of aliphatic hydroxyl groups excluding tert-OH is 5. The SMILES string of the molecule is CCCC[C@H](NC(=O)[C@@H](CO)NC(=O)CN(CCNC)C(=O)Oc1cccc(C(=O)N[C@@H](CSc2ccccc2)[C@H](O)CN2C[C@H]3CCCC[C@H]3C[C@H]2C(=O)NC(C)(C)C)c1C)C(=O)N[C@H](Cc1ccc(O)cc1)C(=O)N[C@H](CO)C(=O)N[C@@H]1CSSC[C@H](C(=O)N[C@H](C(N)=O)[C@@H](C)O)NC(=O)[C@H]([C@@H](C)O)NC(=O)[C@H](CCCCN)NC(=O)[C@@H](Cc2c[nH]c3ccccc23)NC(=O)[C@H](Cc2ccccc2)NC1=O. The smallest absolute Gasteiger partial charge is 0.415 e. The number of aliphatic hydroxyl groups is 5. The number of hydrogen-bond donors (Lipinski definition) is 23. The molecule has 18 atom stereocenters. The van der Waals surface area contributed by atoms with Crippen LogP contribution in [0, 0.1) is 18.8 Å². The van der Waals surface area contributed by atoms with E-state index in [1.165, 1.54) is 54.2 Å². The van der Waals surface area contributed by atoms with Crippen molar-refractivity contribution in [1.82, 2.24) is 89.2 Å². The van der Waals surface area contributed by atoms with Gasteiger partial charge in [-0.15, -0.1) is 11.8 Å². The standard InChI is InChI=1S/C99H139N19O22S3/c1-9-10-32-69(106-92(133)74(51-119)104-82(125)50-117(42-41-102-8)98(139)140-81-35-23-31-66(56(81)2)86(127)111-76(53-141-65-28-15-12-16-29-65)80(124)49-118-48-62-27-18-17-26-61(62)46-79(118)96(137)116-99(5,6)7)87(128)107-72(44-60-36-38-64(123)39-37-60)90(131)110-75(52-120)93(134)112-77-54-142-143-55-78(95(136)114-83(57(3)121)85(101)126)113-97(138)84(58(4)122)115-88(129)70(34-21-22-40-100)105-91(132)73(45-63-47-103-68-33-20-19-30-67(63)68)109-89(130)71(108-94(77)135)43-59-24-13-11-14-25-59/h11-16,19-20,23-25,28-31,33,35-39,47,57-58,61-62,69-80,83-84,102-103,119-124H,9-10,17-18,21-22,26-27,32,34,40-46,48-55,100H2,1-8H3,(H2,101,126)(H,104,125)(H,105,132)(H,106,133)(H,107,128)(H,108,135)(H,109,130)(H,110,131)(H,111,127)(H,112,134)(H,113,138)(H,114,136)(H,115,129)(H,116,137)/t57-,58-,61+,62-,69+,70+,71+,72-,73-,74-,75-,76+,77-,78-,79+,80-,83+,84+/m1/s1. The highest BCUT2D eigenvalue weighted by atomic mass is 33.1. The monoisotopic (exact) mass is 2040 g/mol. The van der Waals surface area contributed by atoms with E-state index in [4.69, 9.17) is 16.2 Å². The zero-order valence-electron chi connectivity index (χ0n) is 81.8. The van der Waals surface area contributed by atoms with E-state index in [9.17, 15) is 83.4 Å². The Morgan fingerprint density at radius 1 is 0.643 bits per heavy atom. The number of carbonyl (C=O) groups is 15. The third kappa shape index (κ3) is 35.5. The first-order valence-corrected chi connectivity index (χ1v) is 51.7. The summed E-state index contributed by atoms with van der Waals surface area (Å²) in [5, 5.41) is 104. The molecular formula is C99H139N19O22S3. The van der Waals surface area contributed by atoms with Gasteiger partial charge in [-0.3, -0.25) is 76.9 Å². The molecule has 1 aromatic heterocycles. The van der Waals surface area contributed by atoms with Gasteiger partial charge < -0.3 is 126 Å². The second-order valence-electron chi connectivity index (χ2n) is 37.3. The fourth-order valence-corrected chi connectivity index (χ4v) is 20.4. The molecule has 5 aromatic carbocycles. The number of piperidine rings is 1.